The Morgan fingerprint density at radius 3 is 2.31 bits per heavy atom. The summed E-state index contributed by atoms with van der Waals surface area (Å²) in [7, 11) is 0. The number of benzene rings is 2. The molecule has 6 heterocycles. The molecular weight excluding hydrogens is 908 g/mol. The molecule has 0 bridgehead atoms. The smallest absolute Gasteiger partial charge is 0.266 e. The van der Waals surface area contributed by atoms with Gasteiger partial charge in [-0.2, -0.15) is 0 Å². The minimum absolute atomic E-state index is 0.0388. The van der Waals surface area contributed by atoms with Crippen molar-refractivity contribution in [3.63, 3.8) is 0 Å². The highest BCUT2D eigenvalue weighted by Crippen LogP contribution is 2.40. The number of ether oxygens (including phenoxy) is 5. The molecule has 22 heteroatoms. The third-order valence-electron chi connectivity index (χ3n) is 11.3. The topological polar surface area (TPSA) is 233 Å². The van der Waals surface area contributed by atoms with Gasteiger partial charge in [-0.3, -0.25) is 48.4 Å². The number of carbonyl (C=O) groups excluding carboxylic acids is 5. The van der Waals surface area contributed by atoms with Gasteiger partial charge in [-0.15, -0.1) is 26.6 Å². The molecule has 0 aliphatic carbocycles. The Bertz CT molecular complexity index is 2680. The van der Waals surface area contributed by atoms with Crippen molar-refractivity contribution in [2.24, 2.45) is 4.99 Å². The number of aryl methyl sites for hydroxylation is 2. The number of thiophene rings is 1. The van der Waals surface area contributed by atoms with Gasteiger partial charge in [0.25, 0.3) is 11.8 Å². The van der Waals surface area contributed by atoms with Crippen molar-refractivity contribution in [1.82, 2.24) is 45.3 Å². The van der Waals surface area contributed by atoms with Crippen LogP contribution in [0.4, 0.5) is 0 Å². The zero-order valence-corrected chi connectivity index (χ0v) is 38.7. The van der Waals surface area contributed by atoms with E-state index in [2.05, 4.69) is 45.0 Å². The molecule has 5 aromatic rings. The Morgan fingerprint density at radius 1 is 0.866 bits per heavy atom. The van der Waals surface area contributed by atoms with Gasteiger partial charge in [-0.1, -0.05) is 35.0 Å². The molecule has 1 saturated heterocycles. The SMILES string of the molecule is Cc1sc2c(c1C)C(c1ccc(Cl)cc1)=NC(CC(=O)NCCn1cc(COCCOCCOCCOCCOc3cccc4c3C(=O)N(C3CCC(=O)NC3=O)C4=O)nn1)c1nnc(C)n1-2. The fraction of sp³-hybridized carbons (Fsp3) is 0.422. The molecule has 5 amide bonds. The summed E-state index contributed by atoms with van der Waals surface area (Å²) in [6, 6.07) is 10.6. The number of nitrogens with zero attached hydrogens (tertiary/aromatic N) is 8. The molecule has 2 unspecified atom stereocenters. The number of nitrogens with one attached hydrogen (secondary N) is 2. The highest BCUT2D eigenvalue weighted by Gasteiger charge is 2.46. The van der Waals surface area contributed by atoms with E-state index in [0.29, 0.717) is 69.3 Å². The maximum Gasteiger partial charge on any atom is 0.266 e. The first-order valence-electron chi connectivity index (χ1n) is 21.8. The first-order valence-corrected chi connectivity index (χ1v) is 23.0. The lowest BCUT2D eigenvalue weighted by Gasteiger charge is -2.27. The number of aromatic nitrogens is 6. The summed E-state index contributed by atoms with van der Waals surface area (Å²) in [5.74, 6) is -0.980. The van der Waals surface area contributed by atoms with Crippen molar-refractivity contribution in [1.29, 1.82) is 0 Å². The van der Waals surface area contributed by atoms with E-state index in [0.717, 1.165) is 38.1 Å². The van der Waals surface area contributed by atoms with Crippen LogP contribution in [0.3, 0.4) is 0 Å². The summed E-state index contributed by atoms with van der Waals surface area (Å²) < 4.78 is 31.8. The van der Waals surface area contributed by atoms with Crippen LogP contribution in [0.1, 0.15) is 84.9 Å². The average Bonchev–Trinajstić information content (AvgIpc) is 4.04. The van der Waals surface area contributed by atoms with Gasteiger partial charge in [0.2, 0.25) is 17.7 Å². The van der Waals surface area contributed by atoms with Crippen molar-refractivity contribution in [2.45, 2.75) is 65.3 Å². The average molecular weight is 957 g/mol. The third-order valence-corrected chi connectivity index (χ3v) is 12.7. The van der Waals surface area contributed by atoms with Crippen molar-refractivity contribution < 1.29 is 47.7 Å². The van der Waals surface area contributed by atoms with E-state index in [1.54, 1.807) is 34.3 Å². The predicted octanol–water partition coefficient (Wildman–Crippen LogP) is 3.64. The van der Waals surface area contributed by atoms with E-state index in [4.69, 9.17) is 40.3 Å². The van der Waals surface area contributed by atoms with Crippen LogP contribution < -0.4 is 15.4 Å². The number of rotatable bonds is 22. The monoisotopic (exact) mass is 956 g/mol. The van der Waals surface area contributed by atoms with Crippen molar-refractivity contribution >= 4 is 58.2 Å². The summed E-state index contributed by atoms with van der Waals surface area (Å²) in [6.45, 7) is 9.43. The van der Waals surface area contributed by atoms with Gasteiger partial charge in [0.05, 0.1) is 88.9 Å². The fourth-order valence-corrected chi connectivity index (χ4v) is 9.20. The van der Waals surface area contributed by atoms with E-state index in [1.165, 1.54) is 10.9 Å². The molecule has 1 fully saturated rings. The molecule has 0 saturated carbocycles. The first kappa shape index (κ1) is 47.3. The summed E-state index contributed by atoms with van der Waals surface area (Å²) in [4.78, 5) is 70.7. The van der Waals surface area contributed by atoms with Crippen molar-refractivity contribution in [3.05, 3.63) is 104 Å². The number of carbonyl (C=O) groups is 5. The highest BCUT2D eigenvalue weighted by atomic mass is 35.5. The first-order chi connectivity index (χ1) is 32.5. The lowest BCUT2D eigenvalue weighted by molar-refractivity contribution is -0.136. The molecule has 2 aromatic carbocycles. The van der Waals surface area contributed by atoms with Crippen LogP contribution in [-0.2, 0) is 46.5 Å². The number of imide groups is 2. The van der Waals surface area contributed by atoms with Crippen LogP contribution in [0.2, 0.25) is 5.02 Å². The van der Waals surface area contributed by atoms with Gasteiger partial charge in [0, 0.05) is 34.0 Å². The quantitative estimate of drug-likeness (QED) is 0.0746. The molecule has 20 nitrogen and oxygen atoms in total. The van der Waals surface area contributed by atoms with Gasteiger partial charge < -0.3 is 29.0 Å². The van der Waals surface area contributed by atoms with Crippen LogP contribution in [-0.4, -0.2) is 135 Å². The second-order valence-electron chi connectivity index (χ2n) is 15.8. The standard InChI is InChI=1S/C45H49ClN10O10S/c1-26-27(2)67-45-38(26)40(29-7-9-30(46)10-8-29)48-33(41-52-50-28(3)55(41)45)23-37(58)47-13-14-54-24-31(51-53-54)25-65-20-19-63-16-15-62-17-18-64-21-22-66-35-6-4-5-32-39(35)44(61)56(43(32)60)34-11-12-36(57)49-42(34)59/h4-10,24,33-34H,11-23,25H2,1-3H3,(H,47,58)(H,49,57,59). The van der Waals surface area contributed by atoms with Gasteiger partial charge in [0.15, 0.2) is 5.82 Å². The minimum Gasteiger partial charge on any atom is -0.490 e. The van der Waals surface area contributed by atoms with Gasteiger partial charge in [0.1, 0.15) is 41.0 Å². The number of piperidine rings is 1. The highest BCUT2D eigenvalue weighted by molar-refractivity contribution is 7.15. The summed E-state index contributed by atoms with van der Waals surface area (Å²) in [6.07, 6.45) is 1.95. The number of aliphatic imine (C=N–C) groups is 1. The number of halogens is 1. The molecule has 0 spiro atoms. The van der Waals surface area contributed by atoms with Crippen LogP contribution in [0.15, 0.2) is 53.7 Å². The van der Waals surface area contributed by atoms with Crippen LogP contribution in [0.25, 0.3) is 5.00 Å². The van der Waals surface area contributed by atoms with Gasteiger partial charge >= 0.3 is 0 Å². The maximum absolute atomic E-state index is 13.4. The fourth-order valence-electron chi connectivity index (χ4n) is 7.86. The summed E-state index contributed by atoms with van der Waals surface area (Å²) in [5.41, 5.74) is 4.68. The Kier molecular flexibility index (Phi) is 15.2. The second-order valence-corrected chi connectivity index (χ2v) is 17.4. The molecule has 3 aliphatic rings. The normalized spacial score (nSPS) is 16.7. The van der Waals surface area contributed by atoms with Gasteiger partial charge in [-0.05, 0) is 57.0 Å². The molecule has 2 N–H and O–H groups in total. The largest absolute Gasteiger partial charge is 0.490 e. The molecule has 3 aromatic heterocycles. The Balaban J connectivity index is 0.679. The molecule has 67 heavy (non-hydrogen) atoms. The van der Waals surface area contributed by atoms with Crippen LogP contribution >= 0.6 is 22.9 Å². The summed E-state index contributed by atoms with van der Waals surface area (Å²) in [5, 5.41) is 24.0. The Labute approximate surface area is 393 Å². The van der Waals surface area contributed by atoms with E-state index in [-0.39, 0.29) is 61.9 Å². The molecular formula is C45H49ClN10O10S. The summed E-state index contributed by atoms with van der Waals surface area (Å²) >= 11 is 7.89. The number of amides is 5. The lowest BCUT2D eigenvalue weighted by Crippen LogP contribution is -2.54. The van der Waals surface area contributed by atoms with Crippen molar-refractivity contribution in [3.8, 4) is 10.8 Å². The number of hydrogen-bond acceptors (Lipinski definition) is 16. The zero-order chi connectivity index (χ0) is 47.0. The number of hydrogen-bond donors (Lipinski definition) is 2. The minimum atomic E-state index is -1.05. The Hall–Kier alpha value is -6.23. The molecule has 3 aliphatic heterocycles. The molecule has 8 rings (SSSR count). The maximum atomic E-state index is 13.4. The van der Waals surface area contributed by atoms with E-state index in [9.17, 15) is 24.0 Å². The van der Waals surface area contributed by atoms with E-state index in [1.807, 2.05) is 35.8 Å². The van der Waals surface area contributed by atoms with Crippen LogP contribution in [0, 0.1) is 20.8 Å². The van der Waals surface area contributed by atoms with E-state index < -0.39 is 35.7 Å². The number of fused-ring (bicyclic) bond motifs is 4. The zero-order valence-electron chi connectivity index (χ0n) is 37.1. The molecule has 0 radical (unpaired) electrons. The molecule has 352 valence electrons. The third kappa shape index (κ3) is 10.8. The van der Waals surface area contributed by atoms with Crippen LogP contribution in [0.5, 0.6) is 5.75 Å². The molecule has 2 atom stereocenters. The van der Waals surface area contributed by atoms with Gasteiger partial charge in [-0.25, -0.2) is 0 Å². The van der Waals surface area contributed by atoms with E-state index >= 15 is 0 Å². The Morgan fingerprint density at radius 2 is 1.58 bits per heavy atom. The lowest BCUT2D eigenvalue weighted by atomic mass is 9.99. The second kappa shape index (κ2) is 21.6. The van der Waals surface area contributed by atoms with Crippen molar-refractivity contribution in [2.75, 3.05) is 59.4 Å². The predicted molar refractivity (Wildman–Crippen MR) is 242 cm³/mol.